The van der Waals surface area contributed by atoms with Crippen LogP contribution in [0.5, 0.6) is 5.75 Å². The normalized spacial score (nSPS) is 14.0. The first-order chi connectivity index (χ1) is 18.7. The van der Waals surface area contributed by atoms with Crippen LogP contribution in [-0.4, -0.2) is 90.8 Å². The molecule has 41 heavy (non-hydrogen) atoms. The SMILES string of the molecule is CCCNC(=O)N(CCOc1ccc(CC(OCC)C(=O)O)cc1)CC(F)(F)C(F)(F)C(F)(F)C(F)(F)C(F)(F)F. The molecule has 0 saturated carbocycles. The van der Waals surface area contributed by atoms with Crippen molar-refractivity contribution in [3.05, 3.63) is 29.8 Å². The Labute approximate surface area is 226 Å². The maximum atomic E-state index is 14.3. The van der Waals surface area contributed by atoms with Crippen molar-refractivity contribution in [2.75, 3.05) is 32.8 Å². The van der Waals surface area contributed by atoms with Gasteiger partial charge in [0.25, 0.3) is 0 Å². The Kier molecular flexibility index (Phi) is 12.1. The lowest BCUT2D eigenvalue weighted by molar-refractivity contribution is -0.422. The number of halogens is 11. The molecule has 1 aromatic rings. The van der Waals surface area contributed by atoms with Crippen LogP contribution < -0.4 is 10.1 Å². The van der Waals surface area contributed by atoms with Crippen LogP contribution in [0.1, 0.15) is 25.8 Å². The van der Waals surface area contributed by atoms with Gasteiger partial charge in [-0.05, 0) is 31.0 Å². The minimum Gasteiger partial charge on any atom is -0.492 e. The summed E-state index contributed by atoms with van der Waals surface area (Å²) < 4.78 is 157. The number of nitrogens with one attached hydrogen (secondary N) is 1. The molecule has 18 heteroatoms. The Hall–Kier alpha value is -3.05. The maximum absolute atomic E-state index is 14.3. The number of carbonyl (C=O) groups excluding carboxylic acids is 1. The van der Waals surface area contributed by atoms with Crippen molar-refractivity contribution in [3.63, 3.8) is 0 Å². The van der Waals surface area contributed by atoms with Crippen molar-refractivity contribution < 1.29 is 72.5 Å². The summed E-state index contributed by atoms with van der Waals surface area (Å²) in [7, 11) is 0. The maximum Gasteiger partial charge on any atom is 0.460 e. The van der Waals surface area contributed by atoms with Gasteiger partial charge in [0.1, 0.15) is 12.4 Å². The van der Waals surface area contributed by atoms with E-state index in [1.54, 1.807) is 6.92 Å². The van der Waals surface area contributed by atoms with Crippen molar-refractivity contribution in [2.45, 2.75) is 62.7 Å². The fourth-order valence-electron chi connectivity index (χ4n) is 3.17. The topological polar surface area (TPSA) is 88.1 Å². The number of hydrogen-bond donors (Lipinski definition) is 2. The van der Waals surface area contributed by atoms with Crippen molar-refractivity contribution in [3.8, 4) is 5.75 Å². The smallest absolute Gasteiger partial charge is 0.460 e. The predicted octanol–water partition coefficient (Wildman–Crippen LogP) is 5.62. The molecular formula is C23H27F11N2O5. The lowest BCUT2D eigenvalue weighted by Crippen LogP contribution is -2.68. The van der Waals surface area contributed by atoms with E-state index in [1.807, 2.05) is 5.32 Å². The Balaban J connectivity index is 3.07. The molecule has 0 aliphatic carbocycles. The van der Waals surface area contributed by atoms with Crippen LogP contribution >= 0.6 is 0 Å². The predicted molar refractivity (Wildman–Crippen MR) is 120 cm³/mol. The second kappa shape index (κ2) is 13.7. The quantitative estimate of drug-likeness (QED) is 0.234. The number of carboxylic acid groups (broad SMARTS) is 1. The second-order valence-electron chi connectivity index (χ2n) is 8.56. The first-order valence-electron chi connectivity index (χ1n) is 11.8. The molecule has 2 amide bonds. The first kappa shape index (κ1) is 36.0. The largest absolute Gasteiger partial charge is 0.492 e. The zero-order chi connectivity index (χ0) is 31.9. The molecular weight excluding hydrogens is 593 g/mol. The molecule has 0 aliphatic rings. The minimum absolute atomic E-state index is 0.000561. The summed E-state index contributed by atoms with van der Waals surface area (Å²) in [6, 6.07) is 3.82. The van der Waals surface area contributed by atoms with E-state index < -0.39 is 67.7 Å². The molecule has 7 nitrogen and oxygen atoms in total. The first-order valence-corrected chi connectivity index (χ1v) is 11.8. The number of alkyl halides is 11. The third-order valence-electron chi connectivity index (χ3n) is 5.42. The summed E-state index contributed by atoms with van der Waals surface area (Å²) in [5.74, 6) is -29.9. The molecule has 1 rings (SSSR count). The van der Waals surface area contributed by atoms with Crippen molar-refractivity contribution in [1.82, 2.24) is 10.2 Å². The Morgan fingerprint density at radius 1 is 0.902 bits per heavy atom. The molecule has 236 valence electrons. The van der Waals surface area contributed by atoms with Gasteiger partial charge in [-0.25, -0.2) is 9.59 Å². The summed E-state index contributed by atoms with van der Waals surface area (Å²) in [5, 5.41) is 11.1. The zero-order valence-corrected chi connectivity index (χ0v) is 21.5. The van der Waals surface area contributed by atoms with Gasteiger partial charge >= 0.3 is 41.9 Å². The lowest BCUT2D eigenvalue weighted by Gasteiger charge is -2.38. The van der Waals surface area contributed by atoms with Crippen LogP contribution in [0.4, 0.5) is 53.1 Å². The number of nitrogens with zero attached hydrogens (tertiary/aromatic N) is 1. The van der Waals surface area contributed by atoms with E-state index in [-0.39, 0.29) is 36.6 Å². The number of carboxylic acids is 1. The second-order valence-corrected chi connectivity index (χ2v) is 8.56. The summed E-state index contributed by atoms with van der Waals surface area (Å²) in [6.07, 6.45) is -8.31. The average molecular weight is 620 g/mol. The molecule has 1 atom stereocenters. The molecule has 0 aliphatic heterocycles. The number of rotatable bonds is 16. The number of carbonyl (C=O) groups is 2. The summed E-state index contributed by atoms with van der Waals surface area (Å²) in [4.78, 5) is 23.2. The number of hydrogen-bond acceptors (Lipinski definition) is 4. The van der Waals surface area contributed by atoms with Crippen molar-refractivity contribution >= 4 is 12.0 Å². The van der Waals surface area contributed by atoms with Gasteiger partial charge in [-0.3, -0.25) is 0 Å². The lowest BCUT2D eigenvalue weighted by atomic mass is 9.97. The molecule has 0 radical (unpaired) electrons. The van der Waals surface area contributed by atoms with E-state index in [4.69, 9.17) is 14.6 Å². The highest BCUT2D eigenvalue weighted by molar-refractivity contribution is 5.74. The summed E-state index contributed by atoms with van der Waals surface area (Å²) in [5.41, 5.74) is 0.470. The fraction of sp³-hybridized carbons (Fsp3) is 0.652. The summed E-state index contributed by atoms with van der Waals surface area (Å²) >= 11 is 0. The zero-order valence-electron chi connectivity index (χ0n) is 21.5. The molecule has 1 unspecified atom stereocenters. The molecule has 1 aromatic carbocycles. The van der Waals surface area contributed by atoms with Crippen LogP contribution in [-0.2, 0) is 16.0 Å². The highest BCUT2D eigenvalue weighted by atomic mass is 19.4. The van der Waals surface area contributed by atoms with Crippen LogP contribution in [0.3, 0.4) is 0 Å². The Morgan fingerprint density at radius 3 is 1.93 bits per heavy atom. The standard InChI is InChI=1S/C23H27F11N2O5/c1-3-9-35-18(39)36(13-19(24,25)20(26,27)21(28,29)22(30,31)23(32,33)34)10-11-41-15-7-5-14(6-8-15)12-16(17(37)38)40-4-2/h5-8,16H,3-4,9-13H2,1-2H3,(H,35,39)(H,37,38). The highest BCUT2D eigenvalue weighted by Gasteiger charge is 2.87. The minimum atomic E-state index is -7.59. The van der Waals surface area contributed by atoms with Crippen LogP contribution in [0.2, 0.25) is 0 Å². The van der Waals surface area contributed by atoms with Gasteiger partial charge in [-0.2, -0.15) is 48.3 Å². The molecule has 0 heterocycles. The highest BCUT2D eigenvalue weighted by Crippen LogP contribution is 2.57. The molecule has 0 spiro atoms. The third kappa shape index (κ3) is 8.48. The molecule has 2 N–H and O–H groups in total. The Bertz CT molecular complexity index is 1000. The van der Waals surface area contributed by atoms with Gasteiger partial charge in [0.2, 0.25) is 0 Å². The average Bonchev–Trinajstić information content (AvgIpc) is 2.86. The molecule has 0 bridgehead atoms. The molecule has 0 saturated heterocycles. The number of urea groups is 1. The number of ether oxygens (including phenoxy) is 2. The number of benzene rings is 1. The van der Waals surface area contributed by atoms with E-state index in [1.165, 1.54) is 31.2 Å². The van der Waals surface area contributed by atoms with Gasteiger partial charge in [-0.15, -0.1) is 0 Å². The number of amides is 2. The van der Waals surface area contributed by atoms with Gasteiger partial charge in [0.15, 0.2) is 6.10 Å². The van der Waals surface area contributed by atoms with E-state index in [9.17, 15) is 57.9 Å². The van der Waals surface area contributed by atoms with Gasteiger partial charge in [-0.1, -0.05) is 19.1 Å². The third-order valence-corrected chi connectivity index (χ3v) is 5.42. The monoisotopic (exact) mass is 620 g/mol. The number of aliphatic carboxylic acids is 1. The van der Waals surface area contributed by atoms with Crippen molar-refractivity contribution in [2.24, 2.45) is 0 Å². The van der Waals surface area contributed by atoms with Gasteiger partial charge in [0, 0.05) is 19.6 Å². The van der Waals surface area contributed by atoms with Crippen LogP contribution in [0, 0.1) is 0 Å². The molecule has 0 fully saturated rings. The molecule has 0 aromatic heterocycles. The van der Waals surface area contributed by atoms with Gasteiger partial charge < -0.3 is 24.8 Å². The van der Waals surface area contributed by atoms with E-state index >= 15 is 0 Å². The van der Waals surface area contributed by atoms with E-state index in [2.05, 4.69) is 0 Å². The Morgan fingerprint density at radius 2 is 1.46 bits per heavy atom. The van der Waals surface area contributed by atoms with Crippen LogP contribution in [0.25, 0.3) is 0 Å². The van der Waals surface area contributed by atoms with Crippen LogP contribution in [0.15, 0.2) is 24.3 Å². The van der Waals surface area contributed by atoms with E-state index in [0.717, 1.165) is 0 Å². The van der Waals surface area contributed by atoms with E-state index in [0.29, 0.717) is 5.56 Å². The summed E-state index contributed by atoms with van der Waals surface area (Å²) in [6.45, 7) is -1.46. The fourth-order valence-corrected chi connectivity index (χ4v) is 3.17. The van der Waals surface area contributed by atoms with Crippen molar-refractivity contribution in [1.29, 1.82) is 0 Å². The van der Waals surface area contributed by atoms with Gasteiger partial charge in [0.05, 0.1) is 13.1 Å².